The Kier molecular flexibility index (Phi) is 10.3. The van der Waals surface area contributed by atoms with Crippen LogP contribution in [-0.2, 0) is 9.47 Å². The topological polar surface area (TPSA) is 65.4 Å². The number of nitrogens with zero attached hydrogens (tertiary/aromatic N) is 2. The van der Waals surface area contributed by atoms with E-state index >= 15 is 0 Å². The van der Waals surface area contributed by atoms with Crippen molar-refractivity contribution in [3.8, 4) is 0 Å². The molecule has 2 rings (SSSR count). The summed E-state index contributed by atoms with van der Waals surface area (Å²) in [5.41, 5.74) is 0. The summed E-state index contributed by atoms with van der Waals surface area (Å²) < 4.78 is 11.3. The van der Waals surface area contributed by atoms with Crippen molar-refractivity contribution in [3.05, 3.63) is 0 Å². The van der Waals surface area contributed by atoms with E-state index in [2.05, 4.69) is 9.80 Å². The zero-order valence-electron chi connectivity index (χ0n) is 15.9. The van der Waals surface area contributed by atoms with Crippen molar-refractivity contribution in [2.75, 3.05) is 59.1 Å². The number of hydrogen-bond donors (Lipinski definition) is 2. The maximum Gasteiger partial charge on any atom is 0.0900 e. The number of piperidine rings is 2. The van der Waals surface area contributed by atoms with Crippen LogP contribution in [0.25, 0.3) is 0 Å². The van der Waals surface area contributed by atoms with Crippen molar-refractivity contribution in [2.45, 2.75) is 63.8 Å². The quantitative estimate of drug-likeness (QED) is 0.577. The van der Waals surface area contributed by atoms with Gasteiger partial charge in [-0.1, -0.05) is 12.8 Å². The Morgan fingerprint density at radius 3 is 1.72 bits per heavy atom. The number of aliphatic hydroxyl groups is 2. The molecule has 6 nitrogen and oxygen atoms in total. The van der Waals surface area contributed by atoms with Crippen LogP contribution in [0.15, 0.2) is 0 Å². The van der Waals surface area contributed by atoms with Crippen molar-refractivity contribution < 1.29 is 19.7 Å². The summed E-state index contributed by atoms with van der Waals surface area (Å²) in [6, 6.07) is 0. The number of hydrogen-bond acceptors (Lipinski definition) is 6. The molecule has 0 aromatic rings. The fourth-order valence-corrected chi connectivity index (χ4v) is 3.68. The molecule has 2 aliphatic heterocycles. The van der Waals surface area contributed by atoms with Crippen molar-refractivity contribution in [1.29, 1.82) is 0 Å². The van der Waals surface area contributed by atoms with Gasteiger partial charge >= 0.3 is 0 Å². The van der Waals surface area contributed by atoms with E-state index in [1.165, 1.54) is 38.5 Å². The zero-order valence-corrected chi connectivity index (χ0v) is 15.9. The first kappa shape index (κ1) is 21.1. The third-order valence-corrected chi connectivity index (χ3v) is 5.07. The summed E-state index contributed by atoms with van der Waals surface area (Å²) in [5, 5.41) is 20.2. The zero-order chi connectivity index (χ0) is 17.9. The smallest absolute Gasteiger partial charge is 0.0900 e. The van der Waals surface area contributed by atoms with Crippen LogP contribution in [0.2, 0.25) is 0 Å². The average molecular weight is 359 g/mol. The molecule has 2 heterocycles. The molecule has 0 bridgehead atoms. The third kappa shape index (κ3) is 9.31. The van der Waals surface area contributed by atoms with Crippen LogP contribution in [0, 0.1) is 0 Å². The Hall–Kier alpha value is -0.240. The SMILES string of the molecule is CC(COCC(O)CN1CCCCC1)OCC(O)CN1CCCCC1. The van der Waals surface area contributed by atoms with Crippen molar-refractivity contribution in [3.63, 3.8) is 0 Å². The lowest BCUT2D eigenvalue weighted by atomic mass is 10.1. The molecule has 0 aliphatic carbocycles. The molecular formula is C19H38N2O4. The summed E-state index contributed by atoms with van der Waals surface area (Å²) in [6.07, 6.45) is 6.60. The number of likely N-dealkylation sites (tertiary alicyclic amines) is 2. The fourth-order valence-electron chi connectivity index (χ4n) is 3.68. The van der Waals surface area contributed by atoms with Gasteiger partial charge in [0, 0.05) is 13.1 Å². The van der Waals surface area contributed by atoms with E-state index in [-0.39, 0.29) is 6.10 Å². The Morgan fingerprint density at radius 1 is 0.720 bits per heavy atom. The van der Waals surface area contributed by atoms with Crippen LogP contribution in [-0.4, -0.2) is 97.4 Å². The van der Waals surface area contributed by atoms with Gasteiger partial charge in [-0.25, -0.2) is 0 Å². The number of ether oxygens (including phenoxy) is 2. The second-order valence-electron chi connectivity index (χ2n) is 7.71. The predicted octanol–water partition coefficient (Wildman–Crippen LogP) is 1.10. The van der Waals surface area contributed by atoms with Gasteiger partial charge in [0.1, 0.15) is 0 Å². The second kappa shape index (κ2) is 12.2. The molecule has 3 unspecified atom stereocenters. The first-order chi connectivity index (χ1) is 12.1. The van der Waals surface area contributed by atoms with Crippen molar-refractivity contribution >= 4 is 0 Å². The number of aliphatic hydroxyl groups excluding tert-OH is 2. The Balaban J connectivity index is 1.47. The first-order valence-corrected chi connectivity index (χ1v) is 10.1. The molecular weight excluding hydrogens is 320 g/mol. The summed E-state index contributed by atoms with van der Waals surface area (Å²) in [6.45, 7) is 8.84. The average Bonchev–Trinajstić information content (AvgIpc) is 2.62. The summed E-state index contributed by atoms with van der Waals surface area (Å²) >= 11 is 0. The Labute approximate surface area is 153 Å². The maximum atomic E-state index is 10.1. The van der Waals surface area contributed by atoms with Crippen LogP contribution in [0.5, 0.6) is 0 Å². The van der Waals surface area contributed by atoms with Gasteiger partial charge in [0.25, 0.3) is 0 Å². The van der Waals surface area contributed by atoms with Gasteiger partial charge in [-0.05, 0) is 58.8 Å². The van der Waals surface area contributed by atoms with Gasteiger partial charge in [0.15, 0.2) is 0 Å². The molecule has 0 aromatic carbocycles. The van der Waals surface area contributed by atoms with E-state index in [0.717, 1.165) is 26.2 Å². The van der Waals surface area contributed by atoms with E-state index in [0.29, 0.717) is 32.9 Å². The minimum atomic E-state index is -0.440. The van der Waals surface area contributed by atoms with E-state index in [9.17, 15) is 10.2 Å². The molecule has 2 saturated heterocycles. The highest BCUT2D eigenvalue weighted by molar-refractivity contribution is 4.70. The van der Waals surface area contributed by atoms with E-state index in [1.807, 2.05) is 6.92 Å². The summed E-state index contributed by atoms with van der Waals surface area (Å²) in [5.74, 6) is 0. The highest BCUT2D eigenvalue weighted by atomic mass is 16.5. The molecule has 2 aliphatic rings. The molecule has 0 spiro atoms. The normalized spacial score (nSPS) is 24.1. The van der Waals surface area contributed by atoms with E-state index in [1.54, 1.807) is 0 Å². The maximum absolute atomic E-state index is 10.1. The van der Waals surface area contributed by atoms with Gasteiger partial charge in [-0.15, -0.1) is 0 Å². The molecule has 0 radical (unpaired) electrons. The Morgan fingerprint density at radius 2 is 1.20 bits per heavy atom. The molecule has 0 aromatic heterocycles. The fraction of sp³-hybridized carbons (Fsp3) is 1.00. The van der Waals surface area contributed by atoms with Gasteiger partial charge < -0.3 is 29.5 Å². The third-order valence-electron chi connectivity index (χ3n) is 5.07. The van der Waals surface area contributed by atoms with Crippen LogP contribution in [0.3, 0.4) is 0 Å². The summed E-state index contributed by atoms with van der Waals surface area (Å²) in [7, 11) is 0. The highest BCUT2D eigenvalue weighted by Crippen LogP contribution is 2.10. The molecule has 148 valence electrons. The van der Waals surface area contributed by atoms with Crippen LogP contribution in [0.4, 0.5) is 0 Å². The lowest BCUT2D eigenvalue weighted by molar-refractivity contribution is -0.0626. The van der Waals surface area contributed by atoms with Crippen LogP contribution >= 0.6 is 0 Å². The van der Waals surface area contributed by atoms with Gasteiger partial charge in [-0.2, -0.15) is 0 Å². The van der Waals surface area contributed by atoms with Crippen LogP contribution < -0.4 is 0 Å². The predicted molar refractivity (Wildman–Crippen MR) is 98.8 cm³/mol. The van der Waals surface area contributed by atoms with Crippen molar-refractivity contribution in [1.82, 2.24) is 9.80 Å². The van der Waals surface area contributed by atoms with Gasteiger partial charge in [0.05, 0.1) is 38.1 Å². The molecule has 2 N–H and O–H groups in total. The Bertz CT molecular complexity index is 333. The number of β-amino-alcohol motifs (C(OH)–C–C–N with tert-alkyl or cyclic N) is 2. The highest BCUT2D eigenvalue weighted by Gasteiger charge is 2.17. The molecule has 3 atom stereocenters. The lowest BCUT2D eigenvalue weighted by Gasteiger charge is -2.29. The van der Waals surface area contributed by atoms with Gasteiger partial charge in [-0.3, -0.25) is 0 Å². The van der Waals surface area contributed by atoms with E-state index < -0.39 is 12.2 Å². The molecule has 2 fully saturated rings. The molecule has 0 saturated carbocycles. The van der Waals surface area contributed by atoms with Gasteiger partial charge in [0.2, 0.25) is 0 Å². The largest absolute Gasteiger partial charge is 0.389 e. The van der Waals surface area contributed by atoms with Crippen LogP contribution in [0.1, 0.15) is 45.4 Å². The molecule has 0 amide bonds. The minimum Gasteiger partial charge on any atom is -0.389 e. The lowest BCUT2D eigenvalue weighted by Crippen LogP contribution is -2.39. The molecule has 25 heavy (non-hydrogen) atoms. The van der Waals surface area contributed by atoms with Crippen molar-refractivity contribution in [2.24, 2.45) is 0 Å². The molecule has 6 heteroatoms. The van der Waals surface area contributed by atoms with E-state index in [4.69, 9.17) is 9.47 Å². The second-order valence-corrected chi connectivity index (χ2v) is 7.71. The number of rotatable bonds is 11. The standard InChI is InChI=1S/C19H38N2O4/c1-17(25-16-19(23)13-21-10-6-3-7-11-21)14-24-15-18(22)12-20-8-4-2-5-9-20/h17-19,22-23H,2-16H2,1H3. The first-order valence-electron chi connectivity index (χ1n) is 10.1. The summed E-state index contributed by atoms with van der Waals surface area (Å²) in [4.78, 5) is 4.63. The monoisotopic (exact) mass is 358 g/mol. The minimum absolute atomic E-state index is 0.0711.